The van der Waals surface area contributed by atoms with Gasteiger partial charge in [-0.1, -0.05) is 13.8 Å². The Hall–Kier alpha value is -1.30. The van der Waals surface area contributed by atoms with Gasteiger partial charge in [0.05, 0.1) is 18.0 Å². The molecule has 1 N–H and O–H groups in total. The molecular weight excluding hydrogens is 270 g/mol. The molecule has 2 aromatic rings. The maximum Gasteiger partial charge on any atom is 0.142 e. The van der Waals surface area contributed by atoms with Gasteiger partial charge in [0.15, 0.2) is 0 Å². The van der Waals surface area contributed by atoms with E-state index in [1.807, 2.05) is 12.3 Å². The zero-order chi connectivity index (χ0) is 14.5. The van der Waals surface area contributed by atoms with Crippen LogP contribution in [-0.4, -0.2) is 23.1 Å². The van der Waals surface area contributed by atoms with Gasteiger partial charge in [0.2, 0.25) is 0 Å². The first-order valence-electron chi connectivity index (χ1n) is 6.74. The molecule has 0 bridgehead atoms. The number of nitrogens with one attached hydrogen (secondary N) is 1. The van der Waals surface area contributed by atoms with Crippen LogP contribution in [0.3, 0.4) is 0 Å². The molecule has 0 aliphatic heterocycles. The molecule has 0 spiro atoms. The largest absolute Gasteiger partial charge is 0.378 e. The molecule has 2 heterocycles. The second-order valence-electron chi connectivity index (χ2n) is 5.08. The van der Waals surface area contributed by atoms with Crippen LogP contribution >= 0.6 is 11.3 Å². The van der Waals surface area contributed by atoms with Crippen molar-refractivity contribution in [3.63, 3.8) is 0 Å². The van der Waals surface area contributed by atoms with E-state index in [1.165, 1.54) is 10.4 Å². The standard InChI is InChI=1S/C15H21N3OS/c1-10(2)17-8-14-13(9-19-4)18-15(20-14)12-7-11(3)5-6-16-12/h5-7,10,17H,8-9H2,1-4H3. The van der Waals surface area contributed by atoms with E-state index in [2.05, 4.69) is 42.1 Å². The molecule has 5 heteroatoms. The second-order valence-corrected chi connectivity index (χ2v) is 6.16. The van der Waals surface area contributed by atoms with E-state index in [-0.39, 0.29) is 0 Å². The summed E-state index contributed by atoms with van der Waals surface area (Å²) in [5, 5.41) is 4.39. The SMILES string of the molecule is COCc1nc(-c2cc(C)ccn2)sc1CNC(C)C. The zero-order valence-corrected chi connectivity index (χ0v) is 13.3. The molecule has 0 atom stereocenters. The number of nitrogens with zero attached hydrogens (tertiary/aromatic N) is 2. The number of ether oxygens (including phenoxy) is 1. The number of rotatable bonds is 6. The number of aryl methyl sites for hydroxylation is 1. The molecule has 0 aromatic carbocycles. The molecule has 4 nitrogen and oxygen atoms in total. The fourth-order valence-corrected chi connectivity index (χ4v) is 2.81. The Labute approximate surface area is 124 Å². The van der Waals surface area contributed by atoms with Crippen LogP contribution in [0, 0.1) is 6.92 Å². The molecule has 0 saturated carbocycles. The van der Waals surface area contributed by atoms with Gasteiger partial charge in [-0.15, -0.1) is 11.3 Å². The average Bonchev–Trinajstić information content (AvgIpc) is 2.80. The third-order valence-corrected chi connectivity index (χ3v) is 3.98. The Kier molecular flexibility index (Phi) is 5.23. The average molecular weight is 291 g/mol. The minimum atomic E-state index is 0.452. The summed E-state index contributed by atoms with van der Waals surface area (Å²) >= 11 is 1.69. The van der Waals surface area contributed by atoms with Crippen molar-refractivity contribution in [2.24, 2.45) is 0 Å². The number of hydrogen-bond donors (Lipinski definition) is 1. The van der Waals surface area contributed by atoms with Crippen molar-refractivity contribution in [1.29, 1.82) is 0 Å². The molecule has 0 unspecified atom stereocenters. The minimum Gasteiger partial charge on any atom is -0.378 e. The predicted molar refractivity (Wildman–Crippen MR) is 82.8 cm³/mol. The highest BCUT2D eigenvalue weighted by atomic mass is 32.1. The van der Waals surface area contributed by atoms with Gasteiger partial charge in [-0.3, -0.25) is 4.98 Å². The van der Waals surface area contributed by atoms with Crippen molar-refractivity contribution in [1.82, 2.24) is 15.3 Å². The van der Waals surface area contributed by atoms with Gasteiger partial charge < -0.3 is 10.1 Å². The third-order valence-electron chi connectivity index (χ3n) is 2.86. The van der Waals surface area contributed by atoms with Crippen LogP contribution < -0.4 is 5.32 Å². The summed E-state index contributed by atoms with van der Waals surface area (Å²) in [4.78, 5) is 10.3. The fourth-order valence-electron chi connectivity index (χ4n) is 1.83. The summed E-state index contributed by atoms with van der Waals surface area (Å²) in [6.07, 6.45) is 1.83. The lowest BCUT2D eigenvalue weighted by Gasteiger charge is -2.07. The van der Waals surface area contributed by atoms with Gasteiger partial charge in [-0.25, -0.2) is 4.98 Å². The Bertz CT molecular complexity index is 566. The van der Waals surface area contributed by atoms with E-state index in [1.54, 1.807) is 18.4 Å². The Morgan fingerprint density at radius 1 is 1.40 bits per heavy atom. The summed E-state index contributed by atoms with van der Waals surface area (Å²) in [7, 11) is 1.70. The van der Waals surface area contributed by atoms with Crippen LogP contribution in [0.25, 0.3) is 10.7 Å². The van der Waals surface area contributed by atoms with E-state index in [4.69, 9.17) is 4.74 Å². The molecule has 0 aliphatic rings. The molecule has 0 amide bonds. The van der Waals surface area contributed by atoms with E-state index in [0.29, 0.717) is 12.6 Å². The van der Waals surface area contributed by atoms with E-state index < -0.39 is 0 Å². The summed E-state index contributed by atoms with van der Waals surface area (Å²) in [6, 6.07) is 4.51. The zero-order valence-electron chi connectivity index (χ0n) is 12.4. The number of methoxy groups -OCH3 is 1. The van der Waals surface area contributed by atoms with Gasteiger partial charge in [-0.2, -0.15) is 0 Å². The van der Waals surface area contributed by atoms with Gasteiger partial charge >= 0.3 is 0 Å². The van der Waals surface area contributed by atoms with E-state index in [9.17, 15) is 0 Å². The van der Waals surface area contributed by atoms with Crippen molar-refractivity contribution in [3.8, 4) is 10.7 Å². The van der Waals surface area contributed by atoms with Gasteiger partial charge in [0.1, 0.15) is 5.01 Å². The summed E-state index contributed by atoms with van der Waals surface area (Å²) in [5.41, 5.74) is 3.13. The normalized spacial score (nSPS) is 11.2. The number of aromatic nitrogens is 2. The summed E-state index contributed by atoms with van der Waals surface area (Å²) in [5.74, 6) is 0. The lowest BCUT2D eigenvalue weighted by Crippen LogP contribution is -2.21. The van der Waals surface area contributed by atoms with Crippen molar-refractivity contribution >= 4 is 11.3 Å². The number of thiazole rings is 1. The van der Waals surface area contributed by atoms with Crippen LogP contribution in [0.1, 0.15) is 30.0 Å². The minimum absolute atomic E-state index is 0.452. The van der Waals surface area contributed by atoms with Crippen molar-refractivity contribution in [2.45, 2.75) is 40.0 Å². The molecule has 0 saturated heterocycles. The lowest BCUT2D eigenvalue weighted by molar-refractivity contribution is 0.181. The Morgan fingerprint density at radius 2 is 2.20 bits per heavy atom. The van der Waals surface area contributed by atoms with Gasteiger partial charge in [0, 0.05) is 30.8 Å². The van der Waals surface area contributed by atoms with Crippen LogP contribution in [0.15, 0.2) is 18.3 Å². The summed E-state index contributed by atoms with van der Waals surface area (Å²) in [6.45, 7) is 7.70. The van der Waals surface area contributed by atoms with Gasteiger partial charge in [0.25, 0.3) is 0 Å². The van der Waals surface area contributed by atoms with Crippen LogP contribution in [0.5, 0.6) is 0 Å². The molecular formula is C15H21N3OS. The lowest BCUT2D eigenvalue weighted by atomic mass is 10.2. The van der Waals surface area contributed by atoms with Crippen molar-refractivity contribution in [3.05, 3.63) is 34.5 Å². The van der Waals surface area contributed by atoms with Crippen molar-refractivity contribution < 1.29 is 4.74 Å². The highest BCUT2D eigenvalue weighted by Gasteiger charge is 2.13. The topological polar surface area (TPSA) is 47.0 Å². The van der Waals surface area contributed by atoms with E-state index >= 15 is 0 Å². The third kappa shape index (κ3) is 3.85. The molecule has 0 radical (unpaired) electrons. The van der Waals surface area contributed by atoms with Crippen molar-refractivity contribution in [2.75, 3.05) is 7.11 Å². The molecule has 0 aliphatic carbocycles. The number of hydrogen-bond acceptors (Lipinski definition) is 5. The highest BCUT2D eigenvalue weighted by molar-refractivity contribution is 7.15. The molecule has 20 heavy (non-hydrogen) atoms. The quantitative estimate of drug-likeness (QED) is 0.888. The van der Waals surface area contributed by atoms with Crippen LogP contribution in [0.4, 0.5) is 0 Å². The van der Waals surface area contributed by atoms with Crippen LogP contribution in [0.2, 0.25) is 0 Å². The first-order valence-corrected chi connectivity index (χ1v) is 7.55. The predicted octanol–water partition coefficient (Wildman–Crippen LogP) is 3.16. The molecule has 108 valence electrons. The highest BCUT2D eigenvalue weighted by Crippen LogP contribution is 2.27. The first kappa shape index (κ1) is 15.1. The smallest absolute Gasteiger partial charge is 0.142 e. The first-order chi connectivity index (χ1) is 9.60. The Balaban J connectivity index is 2.28. The molecule has 0 fully saturated rings. The number of pyridine rings is 1. The molecule has 2 rings (SSSR count). The Morgan fingerprint density at radius 3 is 2.85 bits per heavy atom. The summed E-state index contributed by atoms with van der Waals surface area (Å²) < 4.78 is 5.24. The molecule has 2 aromatic heterocycles. The van der Waals surface area contributed by atoms with Crippen LogP contribution in [-0.2, 0) is 17.9 Å². The fraction of sp³-hybridized carbons (Fsp3) is 0.467. The maximum absolute atomic E-state index is 5.24. The van der Waals surface area contributed by atoms with Gasteiger partial charge in [-0.05, 0) is 24.6 Å². The monoisotopic (exact) mass is 291 g/mol. The van der Waals surface area contributed by atoms with E-state index in [0.717, 1.165) is 22.9 Å². The maximum atomic E-state index is 5.24. The second kappa shape index (κ2) is 6.92.